The Morgan fingerprint density at radius 3 is 1.32 bits per heavy atom. The molecule has 10 rings (SSSR count). The SMILES string of the molecule is C.Nc1cccc(CN(CC(O)C(Cc2ccccc2)NC(=O)O[C@@H]2CO[C@@H]3OCCC[C@@H]32)OC2CCCC2)c1.Nc1cccc(CN(CC(O)C(Cc2ccccc2)NC(=O)O[C@H]2CO[C@H]3OCCC[C@H]32)OC2CCCC2)c1. The largest absolute Gasteiger partial charge is 0.443 e. The number of fused-ring (bicyclic) bond motifs is 2. The molecule has 0 radical (unpaired) electrons. The lowest BCUT2D eigenvalue weighted by Crippen LogP contribution is -2.50. The van der Waals surface area contributed by atoms with Gasteiger partial charge in [0.2, 0.25) is 0 Å². The molecule has 4 aromatic rings. The van der Waals surface area contributed by atoms with Crippen molar-refractivity contribution in [1.29, 1.82) is 0 Å². The fraction of sp³-hybridized carbons (Fsp3) is 0.574. The predicted octanol–water partition coefficient (Wildman–Crippen LogP) is 8.23. The van der Waals surface area contributed by atoms with Gasteiger partial charge in [0.15, 0.2) is 12.6 Å². The van der Waals surface area contributed by atoms with E-state index in [1.165, 1.54) is 0 Å². The summed E-state index contributed by atoms with van der Waals surface area (Å²) in [6.07, 6.45) is 9.03. The van der Waals surface area contributed by atoms with Gasteiger partial charge in [0.25, 0.3) is 0 Å². The van der Waals surface area contributed by atoms with Crippen LogP contribution in [0.15, 0.2) is 109 Å². The molecular formula is C61H86N6O12. The molecule has 2 saturated carbocycles. The minimum atomic E-state index is -0.911. The molecule has 4 unspecified atom stereocenters. The number of rotatable bonds is 22. The van der Waals surface area contributed by atoms with Crippen LogP contribution in [-0.4, -0.2) is 133 Å². The van der Waals surface area contributed by atoms with Crippen molar-refractivity contribution in [3.05, 3.63) is 131 Å². The summed E-state index contributed by atoms with van der Waals surface area (Å²) in [5, 5.41) is 32.5. The number of nitrogens with two attached hydrogens (primary N) is 2. The monoisotopic (exact) mass is 1090 g/mol. The number of aliphatic hydroxyl groups excluding tert-OH is 2. The number of nitrogen functional groups attached to an aromatic ring is 2. The third-order valence-corrected chi connectivity index (χ3v) is 15.7. The molecule has 10 atom stereocenters. The van der Waals surface area contributed by atoms with Crippen molar-refractivity contribution in [2.45, 2.75) is 172 Å². The van der Waals surface area contributed by atoms with Gasteiger partial charge < -0.3 is 60.7 Å². The van der Waals surface area contributed by atoms with Gasteiger partial charge in [-0.1, -0.05) is 118 Å². The van der Waals surface area contributed by atoms with Crippen LogP contribution in [0.3, 0.4) is 0 Å². The number of hydrogen-bond donors (Lipinski definition) is 6. The Kier molecular flexibility index (Phi) is 23.0. The molecule has 0 aromatic heterocycles. The average molecular weight is 1100 g/mol. The van der Waals surface area contributed by atoms with Crippen LogP contribution >= 0.6 is 0 Å². The summed E-state index contributed by atoms with van der Waals surface area (Å²) in [4.78, 5) is 38.9. The Morgan fingerprint density at radius 1 is 0.532 bits per heavy atom. The van der Waals surface area contributed by atoms with Crippen LogP contribution in [0.1, 0.15) is 107 Å². The first-order chi connectivity index (χ1) is 38.1. The van der Waals surface area contributed by atoms with E-state index in [0.717, 1.165) is 99.3 Å². The van der Waals surface area contributed by atoms with Gasteiger partial charge in [0.1, 0.15) is 12.2 Å². The van der Waals surface area contributed by atoms with E-state index >= 15 is 0 Å². The Labute approximate surface area is 466 Å². The summed E-state index contributed by atoms with van der Waals surface area (Å²) < 4.78 is 34.3. The summed E-state index contributed by atoms with van der Waals surface area (Å²) in [7, 11) is 0. The molecule has 2 aliphatic carbocycles. The molecule has 6 aliphatic rings. The number of carbonyl (C=O) groups excluding carboxylic acids is 2. The molecule has 4 aromatic carbocycles. The smallest absolute Gasteiger partial charge is 0.407 e. The van der Waals surface area contributed by atoms with Crippen LogP contribution in [0, 0.1) is 11.8 Å². The maximum atomic E-state index is 13.1. The molecule has 8 N–H and O–H groups in total. The Bertz CT molecular complexity index is 2270. The first-order valence-corrected chi connectivity index (χ1v) is 28.4. The van der Waals surface area contributed by atoms with Gasteiger partial charge in [0.05, 0.1) is 62.8 Å². The van der Waals surface area contributed by atoms with Gasteiger partial charge in [0, 0.05) is 49.5 Å². The van der Waals surface area contributed by atoms with Crippen molar-refractivity contribution in [1.82, 2.24) is 20.8 Å². The second-order valence-corrected chi connectivity index (χ2v) is 21.8. The molecule has 0 bridgehead atoms. The first kappa shape index (κ1) is 59.7. The minimum absolute atomic E-state index is 0. The number of amides is 2. The highest BCUT2D eigenvalue weighted by Gasteiger charge is 2.44. The molecule has 4 heterocycles. The average Bonchev–Trinajstić information content (AvgIpc) is 4.33. The fourth-order valence-electron chi connectivity index (χ4n) is 11.6. The van der Waals surface area contributed by atoms with Gasteiger partial charge >= 0.3 is 12.2 Å². The van der Waals surface area contributed by atoms with Crippen LogP contribution in [0.4, 0.5) is 21.0 Å². The van der Waals surface area contributed by atoms with Crippen LogP contribution in [0.25, 0.3) is 0 Å². The fourth-order valence-corrected chi connectivity index (χ4v) is 11.6. The van der Waals surface area contributed by atoms with Gasteiger partial charge in [-0.3, -0.25) is 9.68 Å². The van der Waals surface area contributed by atoms with Crippen molar-refractivity contribution in [3.8, 4) is 0 Å². The van der Waals surface area contributed by atoms with E-state index in [2.05, 4.69) is 10.6 Å². The molecule has 2 amide bonds. The molecule has 18 nitrogen and oxygen atoms in total. The van der Waals surface area contributed by atoms with E-state index < -0.39 is 36.5 Å². The maximum Gasteiger partial charge on any atom is 0.407 e. The predicted molar refractivity (Wildman–Crippen MR) is 299 cm³/mol. The normalized spacial score (nSPS) is 24.5. The van der Waals surface area contributed by atoms with E-state index in [1.54, 1.807) is 0 Å². The highest BCUT2D eigenvalue weighted by Crippen LogP contribution is 2.34. The van der Waals surface area contributed by atoms with E-state index in [0.29, 0.717) is 63.7 Å². The lowest BCUT2D eigenvalue weighted by atomic mass is 9.97. The van der Waals surface area contributed by atoms with Gasteiger partial charge in [-0.2, -0.15) is 10.1 Å². The van der Waals surface area contributed by atoms with Crippen LogP contribution in [0.5, 0.6) is 0 Å². The molecule has 18 heteroatoms. The van der Waals surface area contributed by atoms with Crippen molar-refractivity contribution in [2.75, 3.05) is 51.0 Å². The van der Waals surface area contributed by atoms with Crippen molar-refractivity contribution >= 4 is 23.6 Å². The number of nitrogens with one attached hydrogen (secondary N) is 2. The number of anilines is 2. The third-order valence-electron chi connectivity index (χ3n) is 15.7. The first-order valence-electron chi connectivity index (χ1n) is 28.4. The quantitative estimate of drug-likeness (QED) is 0.0322. The summed E-state index contributed by atoms with van der Waals surface area (Å²) in [5.41, 5.74) is 17.4. The number of aliphatic hydroxyl groups is 2. The Balaban J connectivity index is 0.000000205. The number of alkyl carbamates (subject to hydrolysis) is 2. The summed E-state index contributed by atoms with van der Waals surface area (Å²) in [5.74, 6) is 0.0752. The van der Waals surface area contributed by atoms with Crippen molar-refractivity contribution in [2.24, 2.45) is 11.8 Å². The zero-order valence-corrected chi connectivity index (χ0v) is 44.9. The van der Waals surface area contributed by atoms with Crippen LogP contribution in [-0.2, 0) is 64.0 Å². The van der Waals surface area contributed by atoms with E-state index in [9.17, 15) is 19.8 Å². The van der Waals surface area contributed by atoms with Crippen molar-refractivity contribution in [3.63, 3.8) is 0 Å². The standard InChI is InChI=1S/2C30H41N3O6.CH4/c2*31-23-11-6-10-22(16-23)18-33(39-24-12-4-5-13-24)19-27(34)26(17-21-8-2-1-3-9-21)32-30(35)38-28-20-37-29-25(28)14-7-15-36-29;/h2*1-3,6,8-11,16,24-29,34H,4-5,7,12-15,17-20,31H2,(H,32,35);1H4/t2*25-,26?,27?,28-,29+;/m10./s1. The zero-order chi connectivity index (χ0) is 54.1. The van der Waals surface area contributed by atoms with Crippen molar-refractivity contribution < 1.29 is 57.9 Å². The number of ether oxygens (including phenoxy) is 6. The number of carbonyl (C=O) groups is 2. The molecule has 4 saturated heterocycles. The van der Waals surface area contributed by atoms with Gasteiger partial charge in [-0.25, -0.2) is 9.59 Å². The van der Waals surface area contributed by atoms with E-state index in [1.807, 2.05) is 119 Å². The number of nitrogens with zero attached hydrogens (tertiary/aromatic N) is 2. The Hall–Kier alpha value is -5.38. The number of benzene rings is 4. The summed E-state index contributed by atoms with van der Waals surface area (Å²) in [6, 6.07) is 33.8. The van der Waals surface area contributed by atoms with Gasteiger partial charge in [-0.15, -0.1) is 0 Å². The molecule has 0 spiro atoms. The van der Waals surface area contributed by atoms with Gasteiger partial charge in [-0.05, 0) is 111 Å². The lowest BCUT2D eigenvalue weighted by molar-refractivity contribution is -0.214. The van der Waals surface area contributed by atoms with E-state index in [-0.39, 0.29) is 69.3 Å². The maximum absolute atomic E-state index is 13.1. The number of hydroxylamine groups is 4. The lowest BCUT2D eigenvalue weighted by Gasteiger charge is -2.32. The second-order valence-electron chi connectivity index (χ2n) is 21.8. The molecule has 432 valence electrons. The highest BCUT2D eigenvalue weighted by atomic mass is 16.7. The summed E-state index contributed by atoms with van der Waals surface area (Å²) in [6.45, 7) is 3.35. The molecule has 6 fully saturated rings. The minimum Gasteiger partial charge on any atom is -0.443 e. The van der Waals surface area contributed by atoms with Crippen LogP contribution < -0.4 is 22.1 Å². The zero-order valence-electron chi connectivity index (χ0n) is 44.9. The highest BCUT2D eigenvalue weighted by molar-refractivity contribution is 5.68. The molecule has 79 heavy (non-hydrogen) atoms. The third kappa shape index (κ3) is 18.3. The topological polar surface area (TPSA) is 231 Å². The molecule has 4 aliphatic heterocycles. The van der Waals surface area contributed by atoms with Crippen LogP contribution in [0.2, 0.25) is 0 Å². The van der Waals surface area contributed by atoms with E-state index in [4.69, 9.17) is 49.6 Å². The Morgan fingerprint density at radius 2 is 0.924 bits per heavy atom. The second kappa shape index (κ2) is 30.4. The number of hydrogen-bond acceptors (Lipinski definition) is 16. The molecular weight excluding hydrogens is 1010 g/mol. The summed E-state index contributed by atoms with van der Waals surface area (Å²) >= 11 is 0.